The van der Waals surface area contributed by atoms with Gasteiger partial charge in [0.05, 0.1) is 0 Å². The van der Waals surface area contributed by atoms with Crippen molar-refractivity contribution in [2.75, 3.05) is 20.1 Å². The van der Waals surface area contributed by atoms with E-state index in [-0.39, 0.29) is 5.54 Å². The lowest BCUT2D eigenvalue weighted by Gasteiger charge is -2.27. The van der Waals surface area contributed by atoms with Gasteiger partial charge in [-0.2, -0.15) is 0 Å². The van der Waals surface area contributed by atoms with Gasteiger partial charge >= 0.3 is 0 Å². The van der Waals surface area contributed by atoms with Crippen LogP contribution in [0, 0.1) is 0 Å². The highest BCUT2D eigenvalue weighted by Gasteiger charge is 2.16. The first kappa shape index (κ1) is 17.0. The topological polar surface area (TPSA) is 15.3 Å². The van der Waals surface area contributed by atoms with Gasteiger partial charge in [0.1, 0.15) is 0 Å². The summed E-state index contributed by atoms with van der Waals surface area (Å²) < 4.78 is 0. The van der Waals surface area contributed by atoms with E-state index in [1.54, 1.807) is 0 Å². The van der Waals surface area contributed by atoms with Crippen molar-refractivity contribution in [3.8, 4) is 0 Å². The van der Waals surface area contributed by atoms with Crippen LogP contribution >= 0.6 is 0 Å². The molecule has 0 spiro atoms. The second-order valence-corrected chi connectivity index (χ2v) is 7.36. The number of rotatable bonds is 7. The second kappa shape index (κ2) is 8.97. The Morgan fingerprint density at radius 2 is 1.58 bits per heavy atom. The molecule has 0 bridgehead atoms. The summed E-state index contributed by atoms with van der Waals surface area (Å²) in [5, 5.41) is 3.57. The van der Waals surface area contributed by atoms with Crippen molar-refractivity contribution in [1.29, 1.82) is 0 Å². The summed E-state index contributed by atoms with van der Waals surface area (Å²) in [6, 6.07) is 0.871. The Morgan fingerprint density at radius 1 is 0.947 bits per heavy atom. The number of hydrogen-bond acceptors (Lipinski definition) is 2. The molecule has 114 valence electrons. The molecule has 1 aliphatic rings. The summed E-state index contributed by atoms with van der Waals surface area (Å²) in [7, 11) is 2.34. The molecule has 19 heavy (non-hydrogen) atoms. The molecule has 0 amide bonds. The van der Waals surface area contributed by atoms with Gasteiger partial charge in [-0.1, -0.05) is 32.1 Å². The minimum absolute atomic E-state index is 0.275. The van der Waals surface area contributed by atoms with Gasteiger partial charge in [-0.25, -0.2) is 0 Å². The average molecular weight is 268 g/mol. The third-order valence-corrected chi connectivity index (χ3v) is 4.29. The molecule has 0 aromatic carbocycles. The van der Waals surface area contributed by atoms with Crippen LogP contribution in [0.4, 0.5) is 0 Å². The summed E-state index contributed by atoms with van der Waals surface area (Å²) in [5.74, 6) is 0. The Hall–Kier alpha value is -0.0800. The molecule has 1 N–H and O–H groups in total. The van der Waals surface area contributed by atoms with E-state index in [9.17, 15) is 0 Å². The summed E-state index contributed by atoms with van der Waals surface area (Å²) in [6.45, 7) is 9.18. The van der Waals surface area contributed by atoms with Gasteiger partial charge in [0.15, 0.2) is 0 Å². The molecular formula is C17H36N2. The van der Waals surface area contributed by atoms with Crippen molar-refractivity contribution < 1.29 is 0 Å². The highest BCUT2D eigenvalue weighted by molar-refractivity contribution is 4.73. The molecule has 2 heteroatoms. The first-order chi connectivity index (χ1) is 8.99. The Bertz CT molecular complexity index is 212. The predicted octanol–water partition coefficient (Wildman–Crippen LogP) is 4.20. The van der Waals surface area contributed by atoms with Crippen molar-refractivity contribution in [3.05, 3.63) is 0 Å². The molecule has 0 saturated heterocycles. The Morgan fingerprint density at radius 3 is 2.16 bits per heavy atom. The lowest BCUT2D eigenvalue weighted by atomic mass is 10.1. The molecule has 1 fully saturated rings. The molecular weight excluding hydrogens is 232 g/mol. The number of nitrogens with zero attached hydrogens (tertiary/aromatic N) is 1. The molecule has 0 aromatic heterocycles. The summed E-state index contributed by atoms with van der Waals surface area (Å²) in [6.07, 6.45) is 12.7. The molecule has 0 heterocycles. The van der Waals surface area contributed by atoms with Crippen LogP contribution in [-0.2, 0) is 0 Å². The van der Waals surface area contributed by atoms with Crippen LogP contribution in [0.3, 0.4) is 0 Å². The van der Waals surface area contributed by atoms with Crippen LogP contribution in [0.25, 0.3) is 0 Å². The maximum absolute atomic E-state index is 3.57. The normalized spacial score (nSPS) is 18.8. The van der Waals surface area contributed by atoms with Crippen LogP contribution in [0.2, 0.25) is 0 Å². The van der Waals surface area contributed by atoms with E-state index in [0.29, 0.717) is 0 Å². The molecule has 0 atom stereocenters. The number of unbranched alkanes of at least 4 members (excludes halogenated alkanes) is 2. The van der Waals surface area contributed by atoms with Crippen LogP contribution in [0.15, 0.2) is 0 Å². The van der Waals surface area contributed by atoms with E-state index in [1.165, 1.54) is 64.3 Å². The van der Waals surface area contributed by atoms with Gasteiger partial charge < -0.3 is 10.2 Å². The Labute approximate surface area is 121 Å². The first-order valence-corrected chi connectivity index (χ1v) is 8.44. The molecule has 1 rings (SSSR count). The van der Waals surface area contributed by atoms with Gasteiger partial charge in [-0.15, -0.1) is 0 Å². The van der Waals surface area contributed by atoms with E-state index in [0.717, 1.165) is 12.6 Å². The summed E-state index contributed by atoms with van der Waals surface area (Å²) in [5.41, 5.74) is 0.275. The highest BCUT2D eigenvalue weighted by Crippen LogP contribution is 2.21. The van der Waals surface area contributed by atoms with E-state index in [4.69, 9.17) is 0 Å². The molecule has 1 saturated carbocycles. The Kier molecular flexibility index (Phi) is 8.01. The Balaban J connectivity index is 2.01. The van der Waals surface area contributed by atoms with E-state index >= 15 is 0 Å². The van der Waals surface area contributed by atoms with Gasteiger partial charge in [-0.05, 0) is 66.6 Å². The van der Waals surface area contributed by atoms with Crippen molar-refractivity contribution in [3.63, 3.8) is 0 Å². The summed E-state index contributed by atoms with van der Waals surface area (Å²) >= 11 is 0. The zero-order valence-electron chi connectivity index (χ0n) is 13.8. The molecule has 0 aromatic rings. The van der Waals surface area contributed by atoms with Gasteiger partial charge in [0.25, 0.3) is 0 Å². The van der Waals surface area contributed by atoms with Gasteiger partial charge in [0, 0.05) is 11.6 Å². The van der Waals surface area contributed by atoms with Crippen LogP contribution < -0.4 is 5.32 Å². The maximum Gasteiger partial charge on any atom is 0.00965 e. The smallest absolute Gasteiger partial charge is 0.00965 e. The largest absolute Gasteiger partial charge is 0.312 e. The molecule has 2 nitrogen and oxygen atoms in total. The molecule has 0 radical (unpaired) electrons. The standard InChI is InChI=1S/C17H36N2/c1-17(2,3)18-14-10-7-11-15-19(4)16-12-8-5-6-9-13-16/h16,18H,5-15H2,1-4H3. The number of hydrogen-bond donors (Lipinski definition) is 1. The fraction of sp³-hybridized carbons (Fsp3) is 1.00. The third kappa shape index (κ3) is 8.65. The van der Waals surface area contributed by atoms with Crippen LogP contribution in [0.5, 0.6) is 0 Å². The van der Waals surface area contributed by atoms with Crippen molar-refractivity contribution in [1.82, 2.24) is 10.2 Å². The fourth-order valence-corrected chi connectivity index (χ4v) is 3.01. The maximum atomic E-state index is 3.57. The summed E-state index contributed by atoms with van der Waals surface area (Å²) in [4.78, 5) is 2.63. The van der Waals surface area contributed by atoms with Gasteiger partial charge in [-0.3, -0.25) is 0 Å². The molecule has 0 unspecified atom stereocenters. The van der Waals surface area contributed by atoms with Crippen molar-refractivity contribution >= 4 is 0 Å². The van der Waals surface area contributed by atoms with E-state index in [1.807, 2.05) is 0 Å². The van der Waals surface area contributed by atoms with E-state index < -0.39 is 0 Å². The van der Waals surface area contributed by atoms with Gasteiger partial charge in [0.2, 0.25) is 0 Å². The highest BCUT2D eigenvalue weighted by atomic mass is 15.1. The zero-order chi connectivity index (χ0) is 14.1. The SMILES string of the molecule is CN(CCCCCNC(C)(C)C)C1CCCCCC1. The molecule has 0 aliphatic heterocycles. The predicted molar refractivity (Wildman–Crippen MR) is 85.7 cm³/mol. The lowest BCUT2D eigenvalue weighted by Crippen LogP contribution is -2.36. The minimum atomic E-state index is 0.275. The first-order valence-electron chi connectivity index (χ1n) is 8.44. The quantitative estimate of drug-likeness (QED) is 0.550. The van der Waals surface area contributed by atoms with E-state index in [2.05, 4.69) is 38.0 Å². The zero-order valence-corrected chi connectivity index (χ0v) is 13.8. The average Bonchev–Trinajstić information content (AvgIpc) is 2.60. The van der Waals surface area contributed by atoms with Crippen LogP contribution in [-0.4, -0.2) is 36.6 Å². The fourth-order valence-electron chi connectivity index (χ4n) is 3.01. The van der Waals surface area contributed by atoms with Crippen molar-refractivity contribution in [2.24, 2.45) is 0 Å². The second-order valence-electron chi connectivity index (χ2n) is 7.36. The monoisotopic (exact) mass is 268 g/mol. The van der Waals surface area contributed by atoms with Crippen LogP contribution in [0.1, 0.15) is 78.6 Å². The van der Waals surface area contributed by atoms with Crippen molar-refractivity contribution in [2.45, 2.75) is 90.1 Å². The number of nitrogens with one attached hydrogen (secondary N) is 1. The molecule has 1 aliphatic carbocycles. The lowest BCUT2D eigenvalue weighted by molar-refractivity contribution is 0.216. The minimum Gasteiger partial charge on any atom is -0.312 e. The third-order valence-electron chi connectivity index (χ3n) is 4.29.